The van der Waals surface area contributed by atoms with Crippen LogP contribution in [-0.4, -0.2) is 27.9 Å². The first-order chi connectivity index (χ1) is 9.24. The minimum Gasteiger partial charge on any atom is -0.494 e. The lowest BCUT2D eigenvalue weighted by Crippen LogP contribution is -2.03. The van der Waals surface area contributed by atoms with Crippen LogP contribution in [0.1, 0.15) is 20.3 Å². The van der Waals surface area contributed by atoms with Gasteiger partial charge in [0, 0.05) is 6.54 Å². The second-order valence-electron chi connectivity index (χ2n) is 4.06. The highest BCUT2D eigenvalue weighted by molar-refractivity contribution is 5.43. The van der Waals surface area contributed by atoms with Gasteiger partial charge in [-0.25, -0.2) is 0 Å². The summed E-state index contributed by atoms with van der Waals surface area (Å²) in [5.74, 6) is 1.74. The smallest absolute Gasteiger partial charge is 0.244 e. The summed E-state index contributed by atoms with van der Waals surface area (Å²) >= 11 is 0. The Hall–Kier alpha value is -2.24. The predicted octanol–water partition coefficient (Wildman–Crippen LogP) is 2.07. The van der Waals surface area contributed by atoms with E-state index in [1.54, 1.807) is 4.68 Å². The minimum absolute atomic E-state index is 0.364. The van der Waals surface area contributed by atoms with Crippen molar-refractivity contribution in [2.75, 3.05) is 24.2 Å². The molecule has 0 saturated heterocycles. The van der Waals surface area contributed by atoms with Crippen LogP contribution in [0.15, 0.2) is 24.3 Å². The fourth-order valence-corrected chi connectivity index (χ4v) is 1.68. The van der Waals surface area contributed by atoms with Gasteiger partial charge in [-0.2, -0.15) is 9.67 Å². The van der Waals surface area contributed by atoms with E-state index < -0.39 is 0 Å². The van der Waals surface area contributed by atoms with Crippen molar-refractivity contribution < 1.29 is 4.74 Å². The normalized spacial score (nSPS) is 10.4. The first kappa shape index (κ1) is 13.2. The van der Waals surface area contributed by atoms with Gasteiger partial charge in [0.1, 0.15) is 5.75 Å². The minimum atomic E-state index is 0.364. The topological polar surface area (TPSA) is 78.0 Å². The molecule has 3 N–H and O–H groups in total. The van der Waals surface area contributed by atoms with Crippen molar-refractivity contribution in [2.45, 2.75) is 20.3 Å². The van der Waals surface area contributed by atoms with Crippen LogP contribution in [0, 0.1) is 0 Å². The van der Waals surface area contributed by atoms with Crippen LogP contribution in [0.3, 0.4) is 0 Å². The lowest BCUT2D eigenvalue weighted by atomic mass is 10.3. The summed E-state index contributed by atoms with van der Waals surface area (Å²) in [6.45, 7) is 5.51. The highest BCUT2D eigenvalue weighted by atomic mass is 16.5. The Morgan fingerprint density at radius 2 is 2.00 bits per heavy atom. The summed E-state index contributed by atoms with van der Waals surface area (Å²) in [5, 5.41) is 7.43. The van der Waals surface area contributed by atoms with Gasteiger partial charge in [-0.05, 0) is 37.6 Å². The molecule has 2 aromatic rings. The maximum atomic E-state index is 5.86. The van der Waals surface area contributed by atoms with Crippen molar-refractivity contribution in [3.8, 4) is 11.4 Å². The van der Waals surface area contributed by atoms with E-state index in [1.807, 2.05) is 31.2 Å². The van der Waals surface area contributed by atoms with E-state index in [0.29, 0.717) is 18.5 Å². The number of aromatic nitrogens is 3. The number of nitrogen functional groups attached to an aromatic ring is 1. The van der Waals surface area contributed by atoms with E-state index in [-0.39, 0.29) is 0 Å². The van der Waals surface area contributed by atoms with E-state index >= 15 is 0 Å². The molecule has 0 aliphatic carbocycles. The summed E-state index contributed by atoms with van der Waals surface area (Å²) in [7, 11) is 0. The fraction of sp³-hybridized carbons (Fsp3) is 0.385. The molecule has 0 unspecified atom stereocenters. The number of nitrogens with two attached hydrogens (primary N) is 1. The van der Waals surface area contributed by atoms with Crippen molar-refractivity contribution in [2.24, 2.45) is 0 Å². The molecular weight excluding hydrogens is 242 g/mol. The number of nitrogens with zero attached hydrogens (tertiary/aromatic N) is 3. The van der Waals surface area contributed by atoms with Crippen molar-refractivity contribution in [1.82, 2.24) is 14.8 Å². The number of ether oxygens (including phenoxy) is 1. The van der Waals surface area contributed by atoms with Gasteiger partial charge < -0.3 is 15.8 Å². The molecule has 1 heterocycles. The van der Waals surface area contributed by atoms with Crippen LogP contribution < -0.4 is 15.8 Å². The van der Waals surface area contributed by atoms with E-state index in [4.69, 9.17) is 10.5 Å². The Labute approximate surface area is 112 Å². The predicted molar refractivity (Wildman–Crippen MR) is 75.7 cm³/mol. The largest absolute Gasteiger partial charge is 0.494 e. The average molecular weight is 261 g/mol. The fourth-order valence-electron chi connectivity index (χ4n) is 1.68. The first-order valence-corrected chi connectivity index (χ1v) is 6.44. The molecule has 0 radical (unpaired) electrons. The van der Waals surface area contributed by atoms with Crippen LogP contribution in [0.2, 0.25) is 0 Å². The zero-order chi connectivity index (χ0) is 13.7. The van der Waals surface area contributed by atoms with Crippen LogP contribution in [0.4, 0.5) is 11.9 Å². The van der Waals surface area contributed by atoms with E-state index in [9.17, 15) is 0 Å². The molecule has 0 aliphatic rings. The van der Waals surface area contributed by atoms with Crippen molar-refractivity contribution >= 4 is 11.9 Å². The van der Waals surface area contributed by atoms with Gasteiger partial charge in [-0.3, -0.25) is 0 Å². The van der Waals surface area contributed by atoms with Crippen LogP contribution in [0.5, 0.6) is 5.75 Å². The summed E-state index contributed by atoms with van der Waals surface area (Å²) < 4.78 is 7.00. The second kappa shape index (κ2) is 6.08. The van der Waals surface area contributed by atoms with Gasteiger partial charge >= 0.3 is 0 Å². The quantitative estimate of drug-likeness (QED) is 0.832. The molecule has 0 spiro atoms. The molecule has 6 heteroatoms. The molecule has 19 heavy (non-hydrogen) atoms. The SMILES string of the molecule is CCCNc1nc(N)n(-c2ccc(OCC)cc2)n1. The Morgan fingerprint density at radius 1 is 1.26 bits per heavy atom. The third-order valence-electron chi connectivity index (χ3n) is 2.56. The Bertz CT molecular complexity index is 520. The molecule has 0 amide bonds. The Morgan fingerprint density at radius 3 is 2.63 bits per heavy atom. The average Bonchev–Trinajstić information content (AvgIpc) is 2.79. The third-order valence-corrected chi connectivity index (χ3v) is 2.56. The molecule has 1 aromatic heterocycles. The summed E-state index contributed by atoms with van der Waals surface area (Å²) in [4.78, 5) is 4.17. The summed E-state index contributed by atoms with van der Waals surface area (Å²) in [6, 6.07) is 7.58. The molecule has 0 bridgehead atoms. The highest BCUT2D eigenvalue weighted by Gasteiger charge is 2.08. The monoisotopic (exact) mass is 261 g/mol. The van der Waals surface area contributed by atoms with Gasteiger partial charge in [-0.15, -0.1) is 5.10 Å². The molecule has 0 fully saturated rings. The van der Waals surface area contributed by atoms with Gasteiger partial charge in [-0.1, -0.05) is 6.92 Å². The van der Waals surface area contributed by atoms with Crippen LogP contribution in [-0.2, 0) is 0 Å². The first-order valence-electron chi connectivity index (χ1n) is 6.44. The van der Waals surface area contributed by atoms with Crippen molar-refractivity contribution in [3.05, 3.63) is 24.3 Å². The van der Waals surface area contributed by atoms with Crippen molar-refractivity contribution in [1.29, 1.82) is 0 Å². The van der Waals surface area contributed by atoms with Crippen LogP contribution in [0.25, 0.3) is 5.69 Å². The molecule has 6 nitrogen and oxygen atoms in total. The van der Waals surface area contributed by atoms with E-state index in [1.165, 1.54) is 0 Å². The highest BCUT2D eigenvalue weighted by Crippen LogP contribution is 2.17. The molecule has 0 aliphatic heterocycles. The third kappa shape index (κ3) is 3.15. The lowest BCUT2D eigenvalue weighted by Gasteiger charge is -2.05. The summed E-state index contributed by atoms with van der Waals surface area (Å²) in [5.41, 5.74) is 6.72. The number of nitrogens with one attached hydrogen (secondary N) is 1. The van der Waals surface area contributed by atoms with Crippen molar-refractivity contribution in [3.63, 3.8) is 0 Å². The standard InChI is InChI=1S/C13H19N5O/c1-3-9-15-13-16-12(14)18(17-13)10-5-7-11(8-6-10)19-4-2/h5-8H,3-4,9H2,1-2H3,(H3,14,15,16,17). The van der Waals surface area contributed by atoms with Gasteiger partial charge in [0.05, 0.1) is 12.3 Å². The zero-order valence-corrected chi connectivity index (χ0v) is 11.3. The molecule has 2 rings (SSSR count). The molecule has 1 aromatic carbocycles. The van der Waals surface area contributed by atoms with Crippen LogP contribution >= 0.6 is 0 Å². The number of anilines is 2. The zero-order valence-electron chi connectivity index (χ0n) is 11.3. The molecule has 0 atom stereocenters. The Balaban J connectivity index is 2.18. The number of benzene rings is 1. The molecule has 102 valence electrons. The lowest BCUT2D eigenvalue weighted by molar-refractivity contribution is 0.340. The number of rotatable bonds is 6. The maximum Gasteiger partial charge on any atom is 0.244 e. The molecular formula is C13H19N5O. The van der Waals surface area contributed by atoms with E-state index in [2.05, 4.69) is 22.3 Å². The van der Waals surface area contributed by atoms with Gasteiger partial charge in [0.15, 0.2) is 0 Å². The number of hydrogen-bond donors (Lipinski definition) is 2. The van der Waals surface area contributed by atoms with Gasteiger partial charge in [0.2, 0.25) is 11.9 Å². The number of hydrogen-bond acceptors (Lipinski definition) is 5. The summed E-state index contributed by atoms with van der Waals surface area (Å²) in [6.07, 6.45) is 1.01. The maximum absolute atomic E-state index is 5.86. The Kier molecular flexibility index (Phi) is 4.22. The molecule has 0 saturated carbocycles. The van der Waals surface area contributed by atoms with Gasteiger partial charge in [0.25, 0.3) is 0 Å². The van der Waals surface area contributed by atoms with E-state index in [0.717, 1.165) is 24.4 Å². The second-order valence-corrected chi connectivity index (χ2v) is 4.06.